The minimum atomic E-state index is 0.120. The Balaban J connectivity index is 1.35. The summed E-state index contributed by atoms with van der Waals surface area (Å²) < 4.78 is 0. The number of H-pyrrole nitrogens is 1. The van der Waals surface area contributed by atoms with Gasteiger partial charge in [0.2, 0.25) is 5.91 Å². The van der Waals surface area contributed by atoms with Crippen molar-refractivity contribution in [3.63, 3.8) is 0 Å². The number of anilines is 1. The molecule has 5 heteroatoms. The highest BCUT2D eigenvalue weighted by molar-refractivity contribution is 5.90. The summed E-state index contributed by atoms with van der Waals surface area (Å²) in [6.45, 7) is 3.07. The van der Waals surface area contributed by atoms with Gasteiger partial charge in [-0.1, -0.05) is 18.2 Å². The first kappa shape index (κ1) is 15.7. The van der Waals surface area contributed by atoms with Crippen molar-refractivity contribution in [1.29, 1.82) is 0 Å². The summed E-state index contributed by atoms with van der Waals surface area (Å²) in [5.74, 6) is 1.81. The number of amides is 1. The fourth-order valence-electron chi connectivity index (χ4n) is 3.11. The molecular weight excluding hydrogens is 288 g/mol. The van der Waals surface area contributed by atoms with Crippen LogP contribution in [0.4, 0.5) is 5.69 Å². The van der Waals surface area contributed by atoms with Crippen LogP contribution in [0.3, 0.4) is 0 Å². The van der Waals surface area contributed by atoms with Crippen molar-refractivity contribution in [3.8, 4) is 0 Å². The summed E-state index contributed by atoms with van der Waals surface area (Å²) in [6, 6.07) is 9.66. The van der Waals surface area contributed by atoms with Crippen molar-refractivity contribution in [3.05, 3.63) is 48.5 Å². The van der Waals surface area contributed by atoms with Gasteiger partial charge in [0.15, 0.2) is 0 Å². The van der Waals surface area contributed by atoms with E-state index in [4.69, 9.17) is 0 Å². The fraction of sp³-hybridized carbons (Fsp3) is 0.444. The zero-order valence-electron chi connectivity index (χ0n) is 13.4. The lowest BCUT2D eigenvalue weighted by Gasteiger charge is -2.31. The van der Waals surface area contributed by atoms with Gasteiger partial charge in [-0.15, -0.1) is 0 Å². The van der Waals surface area contributed by atoms with Crippen LogP contribution in [0, 0.1) is 5.92 Å². The van der Waals surface area contributed by atoms with Gasteiger partial charge in [-0.2, -0.15) is 0 Å². The number of nitrogens with one attached hydrogen (secondary N) is 2. The number of nitrogens with zero attached hydrogens (tertiary/aromatic N) is 2. The molecule has 1 amide bonds. The highest BCUT2D eigenvalue weighted by Gasteiger charge is 2.20. The third-order valence-corrected chi connectivity index (χ3v) is 4.47. The predicted octanol–water partition coefficient (Wildman–Crippen LogP) is 3.04. The lowest BCUT2D eigenvalue weighted by molar-refractivity contribution is -0.116. The van der Waals surface area contributed by atoms with Gasteiger partial charge in [0, 0.05) is 24.5 Å². The minimum Gasteiger partial charge on any atom is -0.348 e. The van der Waals surface area contributed by atoms with E-state index in [1.54, 1.807) is 6.20 Å². The first-order valence-electron chi connectivity index (χ1n) is 8.35. The highest BCUT2D eigenvalue weighted by Crippen LogP contribution is 2.23. The second kappa shape index (κ2) is 7.92. The maximum atomic E-state index is 12.0. The first-order valence-corrected chi connectivity index (χ1v) is 8.35. The van der Waals surface area contributed by atoms with Crippen molar-refractivity contribution >= 4 is 11.6 Å². The molecule has 122 valence electrons. The molecule has 0 bridgehead atoms. The van der Waals surface area contributed by atoms with Gasteiger partial charge in [0.05, 0.1) is 6.54 Å². The number of likely N-dealkylation sites (tertiary alicyclic amines) is 1. The number of para-hydroxylation sites is 1. The summed E-state index contributed by atoms with van der Waals surface area (Å²) in [4.78, 5) is 21.9. The number of imidazole rings is 1. The molecule has 0 saturated carbocycles. The SMILES string of the molecule is O=C(CCC1CCN(Cc2ncc[nH]2)CC1)Nc1ccccc1. The van der Waals surface area contributed by atoms with Gasteiger partial charge in [0.1, 0.15) is 5.82 Å². The Morgan fingerprint density at radius 1 is 1.26 bits per heavy atom. The lowest BCUT2D eigenvalue weighted by Crippen LogP contribution is -2.33. The molecule has 23 heavy (non-hydrogen) atoms. The second-order valence-corrected chi connectivity index (χ2v) is 6.21. The zero-order valence-corrected chi connectivity index (χ0v) is 13.4. The molecule has 0 radical (unpaired) electrons. The number of carbonyl (C=O) groups excluding carboxylic acids is 1. The number of aromatic amines is 1. The van der Waals surface area contributed by atoms with Crippen LogP contribution in [0.25, 0.3) is 0 Å². The summed E-state index contributed by atoms with van der Waals surface area (Å²) in [5.41, 5.74) is 0.880. The number of hydrogen-bond donors (Lipinski definition) is 2. The van der Waals surface area contributed by atoms with Crippen LogP contribution in [0.1, 0.15) is 31.5 Å². The summed E-state index contributed by atoms with van der Waals surface area (Å²) in [5, 5.41) is 2.96. The van der Waals surface area contributed by atoms with Crippen LogP contribution in [-0.2, 0) is 11.3 Å². The number of piperidine rings is 1. The molecule has 5 nitrogen and oxygen atoms in total. The predicted molar refractivity (Wildman–Crippen MR) is 90.9 cm³/mol. The van der Waals surface area contributed by atoms with E-state index in [0.29, 0.717) is 12.3 Å². The van der Waals surface area contributed by atoms with Crippen LogP contribution in [0.5, 0.6) is 0 Å². The molecule has 1 fully saturated rings. The van der Waals surface area contributed by atoms with Crippen molar-refractivity contribution in [2.24, 2.45) is 5.92 Å². The van der Waals surface area contributed by atoms with E-state index >= 15 is 0 Å². The normalized spacial score (nSPS) is 16.3. The molecule has 0 aliphatic carbocycles. The molecule has 3 rings (SSSR count). The largest absolute Gasteiger partial charge is 0.348 e. The summed E-state index contributed by atoms with van der Waals surface area (Å²) in [7, 11) is 0. The molecule has 2 N–H and O–H groups in total. The van der Waals surface area contributed by atoms with Gasteiger partial charge in [-0.25, -0.2) is 4.98 Å². The molecule has 0 atom stereocenters. The molecule has 1 aliphatic heterocycles. The van der Waals surface area contributed by atoms with E-state index in [9.17, 15) is 4.79 Å². The Labute approximate surface area is 137 Å². The number of hydrogen-bond acceptors (Lipinski definition) is 3. The summed E-state index contributed by atoms with van der Waals surface area (Å²) >= 11 is 0. The average molecular weight is 312 g/mol. The summed E-state index contributed by atoms with van der Waals surface area (Å²) in [6.07, 6.45) is 7.59. The molecule has 1 aromatic carbocycles. The maximum absolute atomic E-state index is 12.0. The van der Waals surface area contributed by atoms with Crippen LogP contribution in [0.2, 0.25) is 0 Å². The van der Waals surface area contributed by atoms with E-state index in [1.807, 2.05) is 36.5 Å². The fourth-order valence-corrected chi connectivity index (χ4v) is 3.11. The third kappa shape index (κ3) is 4.93. The molecule has 0 spiro atoms. The second-order valence-electron chi connectivity index (χ2n) is 6.21. The van der Waals surface area contributed by atoms with E-state index in [-0.39, 0.29) is 5.91 Å². The Bertz CT molecular complexity index is 589. The average Bonchev–Trinajstić information content (AvgIpc) is 3.08. The van der Waals surface area contributed by atoms with Gasteiger partial charge in [0.25, 0.3) is 0 Å². The van der Waals surface area contributed by atoms with Gasteiger partial charge in [-0.3, -0.25) is 9.69 Å². The van der Waals surface area contributed by atoms with Gasteiger partial charge in [-0.05, 0) is 50.4 Å². The Morgan fingerprint density at radius 2 is 2.04 bits per heavy atom. The van der Waals surface area contributed by atoms with Crippen molar-refractivity contribution in [1.82, 2.24) is 14.9 Å². The lowest BCUT2D eigenvalue weighted by atomic mass is 9.92. The number of carbonyl (C=O) groups is 1. The molecule has 1 aliphatic rings. The Hall–Kier alpha value is -2.14. The van der Waals surface area contributed by atoms with Gasteiger partial charge >= 0.3 is 0 Å². The molecule has 2 aromatic rings. The van der Waals surface area contributed by atoms with Crippen LogP contribution >= 0.6 is 0 Å². The first-order chi connectivity index (χ1) is 11.3. The van der Waals surface area contributed by atoms with Crippen molar-refractivity contribution in [2.75, 3.05) is 18.4 Å². The number of aromatic nitrogens is 2. The molecule has 2 heterocycles. The standard InChI is InChI=1S/C18H24N4O/c23-18(21-16-4-2-1-3-5-16)7-6-15-8-12-22(13-9-15)14-17-19-10-11-20-17/h1-5,10-11,15H,6-9,12-14H2,(H,19,20)(H,21,23). The Morgan fingerprint density at radius 3 is 2.74 bits per heavy atom. The monoisotopic (exact) mass is 312 g/mol. The topological polar surface area (TPSA) is 61.0 Å². The van der Waals surface area contributed by atoms with Crippen LogP contribution < -0.4 is 5.32 Å². The molecule has 1 saturated heterocycles. The molecular formula is C18H24N4O. The highest BCUT2D eigenvalue weighted by atomic mass is 16.1. The molecule has 1 aromatic heterocycles. The Kier molecular flexibility index (Phi) is 5.42. The van der Waals surface area contributed by atoms with E-state index < -0.39 is 0 Å². The van der Waals surface area contributed by atoms with E-state index in [1.165, 1.54) is 12.8 Å². The van der Waals surface area contributed by atoms with E-state index in [2.05, 4.69) is 20.2 Å². The zero-order chi connectivity index (χ0) is 15.9. The van der Waals surface area contributed by atoms with Crippen molar-refractivity contribution in [2.45, 2.75) is 32.2 Å². The smallest absolute Gasteiger partial charge is 0.224 e. The van der Waals surface area contributed by atoms with E-state index in [0.717, 1.165) is 37.6 Å². The van der Waals surface area contributed by atoms with Crippen molar-refractivity contribution < 1.29 is 4.79 Å². The number of benzene rings is 1. The third-order valence-electron chi connectivity index (χ3n) is 4.47. The quantitative estimate of drug-likeness (QED) is 0.862. The minimum absolute atomic E-state index is 0.120. The van der Waals surface area contributed by atoms with Gasteiger partial charge < -0.3 is 10.3 Å². The van der Waals surface area contributed by atoms with Crippen LogP contribution in [-0.4, -0.2) is 33.9 Å². The van der Waals surface area contributed by atoms with Crippen LogP contribution in [0.15, 0.2) is 42.7 Å². The maximum Gasteiger partial charge on any atom is 0.224 e. The number of rotatable bonds is 6. The molecule has 0 unspecified atom stereocenters.